The van der Waals surface area contributed by atoms with Gasteiger partial charge in [0.25, 0.3) is 20.3 Å². The predicted molar refractivity (Wildman–Crippen MR) is 88.2 cm³/mol. The third-order valence-electron chi connectivity index (χ3n) is 3.68. The van der Waals surface area contributed by atoms with Crippen LogP contribution in [0, 0.1) is 6.92 Å². The standard InChI is InChI=1S/C14H22N2O6S2/c1-11-3-7-14(8-4-11)23(17,18)22-10-13-6-5-12(9-21-13)16-24(19,20)15-2/h3-4,7-8,12-13,15-16H,5-6,9-10H2,1-2H3/t12-,13+/m1/s1. The fraction of sp³-hybridized carbons (Fsp3) is 0.571. The first-order chi connectivity index (χ1) is 11.2. The highest BCUT2D eigenvalue weighted by Crippen LogP contribution is 2.18. The molecule has 0 aromatic heterocycles. The maximum Gasteiger partial charge on any atom is 0.297 e. The lowest BCUT2D eigenvalue weighted by molar-refractivity contribution is -0.0212. The van der Waals surface area contributed by atoms with Crippen LogP contribution >= 0.6 is 0 Å². The van der Waals surface area contributed by atoms with Gasteiger partial charge in [0.1, 0.15) is 0 Å². The van der Waals surface area contributed by atoms with Crippen LogP contribution in [0.25, 0.3) is 0 Å². The van der Waals surface area contributed by atoms with Gasteiger partial charge in [-0.05, 0) is 31.9 Å². The molecule has 1 aromatic rings. The average molecular weight is 378 g/mol. The van der Waals surface area contributed by atoms with Crippen molar-refractivity contribution in [2.45, 2.75) is 36.8 Å². The minimum atomic E-state index is -3.82. The summed E-state index contributed by atoms with van der Waals surface area (Å²) in [4.78, 5) is 0.101. The zero-order chi connectivity index (χ0) is 17.8. The molecule has 0 bridgehead atoms. The number of rotatable bonds is 7. The molecule has 1 aromatic carbocycles. The molecule has 0 amide bonds. The molecule has 2 N–H and O–H groups in total. The number of aryl methyl sites for hydroxylation is 1. The van der Waals surface area contributed by atoms with Crippen molar-refractivity contribution < 1.29 is 25.8 Å². The molecule has 2 rings (SSSR count). The van der Waals surface area contributed by atoms with E-state index < -0.39 is 20.3 Å². The van der Waals surface area contributed by atoms with Crippen molar-refractivity contribution >= 4 is 20.3 Å². The SMILES string of the molecule is CNS(=O)(=O)N[C@@H]1CC[C@@H](COS(=O)(=O)c2ccc(C)cc2)OC1. The van der Waals surface area contributed by atoms with Crippen LogP contribution in [0.3, 0.4) is 0 Å². The van der Waals surface area contributed by atoms with E-state index in [2.05, 4.69) is 9.44 Å². The molecule has 10 heteroatoms. The Hall–Kier alpha value is -1.04. The van der Waals surface area contributed by atoms with E-state index in [0.29, 0.717) is 12.8 Å². The van der Waals surface area contributed by atoms with Gasteiger partial charge in [-0.3, -0.25) is 4.18 Å². The second kappa shape index (κ2) is 7.89. The number of hydrogen-bond acceptors (Lipinski definition) is 6. The van der Waals surface area contributed by atoms with Crippen molar-refractivity contribution in [3.63, 3.8) is 0 Å². The van der Waals surface area contributed by atoms with Crippen LogP contribution in [0.2, 0.25) is 0 Å². The van der Waals surface area contributed by atoms with Gasteiger partial charge in [-0.15, -0.1) is 0 Å². The first-order valence-corrected chi connectivity index (χ1v) is 10.4. The Morgan fingerprint density at radius 3 is 2.38 bits per heavy atom. The molecule has 0 unspecified atom stereocenters. The van der Waals surface area contributed by atoms with Gasteiger partial charge < -0.3 is 4.74 Å². The highest BCUT2D eigenvalue weighted by Gasteiger charge is 2.26. The second-order valence-electron chi connectivity index (χ2n) is 5.61. The number of nitrogens with one attached hydrogen (secondary N) is 2. The van der Waals surface area contributed by atoms with Crippen molar-refractivity contribution in [2.24, 2.45) is 0 Å². The van der Waals surface area contributed by atoms with E-state index in [1.54, 1.807) is 12.1 Å². The van der Waals surface area contributed by atoms with Gasteiger partial charge in [0.15, 0.2) is 0 Å². The molecular weight excluding hydrogens is 356 g/mol. The van der Waals surface area contributed by atoms with E-state index in [4.69, 9.17) is 8.92 Å². The Morgan fingerprint density at radius 2 is 1.83 bits per heavy atom. The van der Waals surface area contributed by atoms with Crippen LogP contribution in [-0.2, 0) is 29.2 Å². The summed E-state index contributed by atoms with van der Waals surface area (Å²) in [6, 6.07) is 6.05. The van der Waals surface area contributed by atoms with E-state index in [1.165, 1.54) is 19.2 Å². The largest absolute Gasteiger partial charge is 0.374 e. The summed E-state index contributed by atoms with van der Waals surface area (Å²) >= 11 is 0. The van der Waals surface area contributed by atoms with Crippen molar-refractivity contribution in [2.75, 3.05) is 20.3 Å². The van der Waals surface area contributed by atoms with Gasteiger partial charge in [0.2, 0.25) is 0 Å². The van der Waals surface area contributed by atoms with Gasteiger partial charge >= 0.3 is 0 Å². The fourth-order valence-electron chi connectivity index (χ4n) is 2.25. The predicted octanol–water partition coefficient (Wildman–Crippen LogP) is 0.302. The van der Waals surface area contributed by atoms with E-state index in [1.807, 2.05) is 6.92 Å². The van der Waals surface area contributed by atoms with E-state index in [9.17, 15) is 16.8 Å². The number of hydrogen-bond donors (Lipinski definition) is 2. The monoisotopic (exact) mass is 378 g/mol. The summed E-state index contributed by atoms with van der Waals surface area (Å²) in [6.07, 6.45) is 0.653. The van der Waals surface area contributed by atoms with Gasteiger partial charge in [0.05, 0.1) is 24.2 Å². The molecule has 1 heterocycles. The lowest BCUT2D eigenvalue weighted by Gasteiger charge is -2.28. The summed E-state index contributed by atoms with van der Waals surface area (Å²) in [5, 5.41) is 0. The molecule has 0 saturated carbocycles. The molecule has 0 spiro atoms. The Kier molecular flexibility index (Phi) is 6.34. The fourth-order valence-corrected chi connectivity index (χ4v) is 3.93. The topological polar surface area (TPSA) is 111 Å². The Labute approximate surface area is 142 Å². The maximum atomic E-state index is 12.1. The van der Waals surface area contributed by atoms with Crippen LogP contribution in [0.1, 0.15) is 18.4 Å². The molecule has 1 aliphatic rings. The number of ether oxygens (including phenoxy) is 1. The van der Waals surface area contributed by atoms with Crippen LogP contribution in [0.4, 0.5) is 0 Å². The van der Waals surface area contributed by atoms with Crippen molar-refractivity contribution in [1.29, 1.82) is 0 Å². The van der Waals surface area contributed by atoms with Crippen molar-refractivity contribution in [1.82, 2.24) is 9.44 Å². The molecule has 1 fully saturated rings. The zero-order valence-electron chi connectivity index (χ0n) is 13.6. The smallest absolute Gasteiger partial charge is 0.297 e. The molecule has 1 aliphatic heterocycles. The third-order valence-corrected chi connectivity index (χ3v) is 6.16. The van der Waals surface area contributed by atoms with Crippen LogP contribution in [-0.4, -0.2) is 49.2 Å². The molecule has 8 nitrogen and oxygen atoms in total. The summed E-state index contributed by atoms with van der Waals surface area (Å²) in [7, 11) is -6.03. The average Bonchev–Trinajstić information content (AvgIpc) is 2.54. The second-order valence-corrected chi connectivity index (χ2v) is 8.87. The van der Waals surface area contributed by atoms with Crippen LogP contribution in [0.5, 0.6) is 0 Å². The molecule has 24 heavy (non-hydrogen) atoms. The highest BCUT2D eigenvalue weighted by molar-refractivity contribution is 7.87. The Balaban J connectivity index is 1.83. The summed E-state index contributed by atoms with van der Waals surface area (Å²) < 4.78 is 62.2. The highest BCUT2D eigenvalue weighted by atomic mass is 32.2. The van der Waals surface area contributed by atoms with Crippen molar-refractivity contribution in [3.8, 4) is 0 Å². The van der Waals surface area contributed by atoms with E-state index in [0.717, 1.165) is 5.56 Å². The summed E-state index contributed by atoms with van der Waals surface area (Å²) in [5.41, 5.74) is 0.958. The quantitative estimate of drug-likeness (QED) is 0.660. The van der Waals surface area contributed by atoms with Crippen molar-refractivity contribution in [3.05, 3.63) is 29.8 Å². The number of benzene rings is 1. The summed E-state index contributed by atoms with van der Waals surface area (Å²) in [5.74, 6) is 0. The van der Waals surface area contributed by atoms with Crippen LogP contribution < -0.4 is 9.44 Å². The molecule has 0 radical (unpaired) electrons. The summed E-state index contributed by atoms with van der Waals surface area (Å²) in [6.45, 7) is 1.94. The molecule has 136 valence electrons. The van der Waals surface area contributed by atoms with Gasteiger partial charge in [-0.25, -0.2) is 4.72 Å². The molecule has 2 atom stereocenters. The Morgan fingerprint density at radius 1 is 1.17 bits per heavy atom. The first-order valence-electron chi connectivity index (χ1n) is 7.50. The zero-order valence-corrected chi connectivity index (χ0v) is 15.2. The Bertz CT molecular complexity index is 738. The lowest BCUT2D eigenvalue weighted by atomic mass is 10.1. The van der Waals surface area contributed by atoms with Gasteiger partial charge in [-0.2, -0.15) is 21.6 Å². The molecule has 1 saturated heterocycles. The van der Waals surface area contributed by atoms with Gasteiger partial charge in [0, 0.05) is 13.1 Å². The first kappa shape index (κ1) is 19.3. The molecular formula is C14H22N2O6S2. The normalized spacial score (nSPS) is 22.4. The lowest BCUT2D eigenvalue weighted by Crippen LogP contribution is -2.47. The van der Waals surface area contributed by atoms with E-state index in [-0.39, 0.29) is 30.3 Å². The minimum Gasteiger partial charge on any atom is -0.374 e. The molecule has 0 aliphatic carbocycles. The van der Waals surface area contributed by atoms with Gasteiger partial charge in [-0.1, -0.05) is 17.7 Å². The van der Waals surface area contributed by atoms with Crippen LogP contribution in [0.15, 0.2) is 29.2 Å². The maximum absolute atomic E-state index is 12.1. The minimum absolute atomic E-state index is 0.0955. The third kappa shape index (κ3) is 5.50. The van der Waals surface area contributed by atoms with E-state index >= 15 is 0 Å².